The molecule has 0 aliphatic rings. The third kappa shape index (κ3) is 2.98. The van der Waals surface area contributed by atoms with Crippen LogP contribution in [0, 0.1) is 16.3 Å². The number of hydrogen-bond acceptors (Lipinski definition) is 1. The minimum Gasteiger partial charge on any atom is -0.289 e. The zero-order chi connectivity index (χ0) is 13.3. The highest BCUT2D eigenvalue weighted by atomic mass is 127. The van der Waals surface area contributed by atoms with Crippen LogP contribution in [-0.2, 0) is 0 Å². The first kappa shape index (κ1) is 13.7. The van der Waals surface area contributed by atoms with Crippen LogP contribution in [0.25, 0.3) is 0 Å². The molecule has 0 aliphatic heterocycles. The van der Waals surface area contributed by atoms with Gasteiger partial charge in [0, 0.05) is 19.2 Å². The number of hydrogen-bond donors (Lipinski definition) is 0. The molecule has 0 atom stereocenters. The van der Waals surface area contributed by atoms with Gasteiger partial charge >= 0.3 is 0 Å². The smallest absolute Gasteiger partial charge is 0.194 e. The molecule has 0 spiro atoms. The van der Waals surface area contributed by atoms with E-state index in [4.69, 9.17) is 0 Å². The lowest BCUT2D eigenvalue weighted by Gasteiger charge is -2.06. The molecule has 0 saturated heterocycles. The van der Waals surface area contributed by atoms with Gasteiger partial charge in [0.2, 0.25) is 0 Å². The van der Waals surface area contributed by atoms with Crippen molar-refractivity contribution in [1.82, 2.24) is 0 Å². The minimum atomic E-state index is -0.386. The molecule has 0 amide bonds. The molecule has 2 rings (SSSR count). The van der Waals surface area contributed by atoms with Crippen molar-refractivity contribution in [2.24, 2.45) is 0 Å². The van der Waals surface area contributed by atoms with Crippen LogP contribution in [0.3, 0.4) is 0 Å². The van der Waals surface area contributed by atoms with Gasteiger partial charge in [-0.15, -0.1) is 0 Å². The number of aryl methyl sites for hydroxylation is 1. The van der Waals surface area contributed by atoms with Crippen LogP contribution >= 0.6 is 38.5 Å². The molecular weight excluding hydrogens is 410 g/mol. The highest BCUT2D eigenvalue weighted by Gasteiger charge is 2.14. The molecule has 2 aromatic rings. The maximum atomic E-state index is 13.3. The van der Waals surface area contributed by atoms with Crippen LogP contribution in [0.2, 0.25) is 0 Å². The molecule has 18 heavy (non-hydrogen) atoms. The van der Waals surface area contributed by atoms with E-state index < -0.39 is 0 Å². The summed E-state index contributed by atoms with van der Waals surface area (Å²) in [5, 5.41) is 0. The molecule has 0 radical (unpaired) electrons. The lowest BCUT2D eigenvalue weighted by molar-refractivity contribution is 0.103. The standard InChI is InChI=1S/C14H9BrFIO/c1-8-4-9(6-11(16)5-8)14(18)12-7-10(15)2-3-13(12)17/h2-7H,1H3. The molecule has 92 valence electrons. The van der Waals surface area contributed by atoms with Crippen molar-refractivity contribution in [2.45, 2.75) is 6.92 Å². The van der Waals surface area contributed by atoms with Crippen LogP contribution in [0.5, 0.6) is 0 Å². The highest BCUT2D eigenvalue weighted by molar-refractivity contribution is 14.1. The third-order valence-electron chi connectivity index (χ3n) is 2.48. The summed E-state index contributed by atoms with van der Waals surface area (Å²) in [5.41, 5.74) is 1.70. The Bertz CT molecular complexity index is 605. The number of rotatable bonds is 2. The second kappa shape index (κ2) is 5.48. The average Bonchev–Trinajstić information content (AvgIpc) is 2.30. The quantitative estimate of drug-likeness (QED) is 0.508. The summed E-state index contributed by atoms with van der Waals surface area (Å²) in [6.07, 6.45) is 0. The Kier molecular flexibility index (Phi) is 4.17. The molecule has 4 heteroatoms. The van der Waals surface area contributed by atoms with Gasteiger partial charge in [-0.3, -0.25) is 4.79 Å². The topological polar surface area (TPSA) is 17.1 Å². The summed E-state index contributed by atoms with van der Waals surface area (Å²) in [7, 11) is 0. The first-order valence-electron chi connectivity index (χ1n) is 5.24. The molecule has 1 nitrogen and oxygen atoms in total. The average molecular weight is 419 g/mol. The highest BCUT2D eigenvalue weighted by Crippen LogP contribution is 2.22. The SMILES string of the molecule is Cc1cc(F)cc(C(=O)c2cc(Br)ccc2I)c1. The van der Waals surface area contributed by atoms with Gasteiger partial charge in [-0.2, -0.15) is 0 Å². The third-order valence-corrected chi connectivity index (χ3v) is 3.91. The second-order valence-electron chi connectivity index (χ2n) is 3.97. The molecule has 0 aromatic heterocycles. The molecule has 0 aliphatic carbocycles. The van der Waals surface area contributed by atoms with E-state index in [2.05, 4.69) is 38.5 Å². The zero-order valence-corrected chi connectivity index (χ0v) is 13.2. The van der Waals surface area contributed by atoms with E-state index in [9.17, 15) is 9.18 Å². The Labute approximate surface area is 127 Å². The summed E-state index contributed by atoms with van der Waals surface area (Å²) in [6.45, 7) is 1.77. The fourth-order valence-electron chi connectivity index (χ4n) is 1.69. The summed E-state index contributed by atoms with van der Waals surface area (Å²) in [5.74, 6) is -0.549. The Morgan fingerprint density at radius 1 is 1.22 bits per heavy atom. The van der Waals surface area contributed by atoms with E-state index in [0.29, 0.717) is 11.1 Å². The van der Waals surface area contributed by atoms with Gasteiger partial charge in [0.25, 0.3) is 0 Å². The van der Waals surface area contributed by atoms with Gasteiger partial charge in [0.15, 0.2) is 5.78 Å². The fourth-order valence-corrected chi connectivity index (χ4v) is 2.64. The Hall–Kier alpha value is -0.750. The predicted octanol–water partition coefficient (Wildman–Crippen LogP) is 4.73. The van der Waals surface area contributed by atoms with Crippen molar-refractivity contribution in [1.29, 1.82) is 0 Å². The van der Waals surface area contributed by atoms with Crippen LogP contribution < -0.4 is 0 Å². The lowest BCUT2D eigenvalue weighted by Crippen LogP contribution is -2.04. The monoisotopic (exact) mass is 418 g/mol. The van der Waals surface area contributed by atoms with E-state index in [0.717, 1.165) is 13.6 Å². The molecule has 0 bridgehead atoms. The van der Waals surface area contributed by atoms with Crippen molar-refractivity contribution in [3.63, 3.8) is 0 Å². The van der Waals surface area contributed by atoms with E-state index in [1.165, 1.54) is 12.1 Å². The molecule has 0 heterocycles. The summed E-state index contributed by atoms with van der Waals surface area (Å²) >= 11 is 5.44. The molecule has 0 saturated carbocycles. The minimum absolute atomic E-state index is 0.164. The number of carbonyl (C=O) groups is 1. The van der Waals surface area contributed by atoms with Gasteiger partial charge in [-0.25, -0.2) is 4.39 Å². The maximum Gasteiger partial charge on any atom is 0.194 e. The summed E-state index contributed by atoms with van der Waals surface area (Å²) in [6, 6.07) is 9.85. The first-order chi connectivity index (χ1) is 8.47. The van der Waals surface area contributed by atoms with E-state index in [1.807, 2.05) is 12.1 Å². The second-order valence-corrected chi connectivity index (χ2v) is 6.05. The first-order valence-corrected chi connectivity index (χ1v) is 7.11. The number of ketones is 1. The van der Waals surface area contributed by atoms with Crippen molar-refractivity contribution in [2.75, 3.05) is 0 Å². The van der Waals surface area contributed by atoms with Crippen molar-refractivity contribution >= 4 is 44.3 Å². The van der Waals surface area contributed by atoms with Gasteiger partial charge < -0.3 is 0 Å². The van der Waals surface area contributed by atoms with Gasteiger partial charge in [-0.05, 0) is 71.5 Å². The molecule has 0 unspecified atom stereocenters. The summed E-state index contributed by atoms with van der Waals surface area (Å²) in [4.78, 5) is 12.3. The maximum absolute atomic E-state index is 13.3. The zero-order valence-electron chi connectivity index (χ0n) is 9.51. The Morgan fingerprint density at radius 2 is 1.94 bits per heavy atom. The molecular formula is C14H9BrFIO. The van der Waals surface area contributed by atoms with E-state index in [-0.39, 0.29) is 11.6 Å². The van der Waals surface area contributed by atoms with Gasteiger partial charge in [0.1, 0.15) is 5.82 Å². The molecule has 0 N–H and O–H groups in total. The molecule has 0 fully saturated rings. The van der Waals surface area contributed by atoms with E-state index >= 15 is 0 Å². The Balaban J connectivity index is 2.51. The number of halogens is 3. The normalized spacial score (nSPS) is 10.4. The van der Waals surface area contributed by atoms with Gasteiger partial charge in [-0.1, -0.05) is 15.9 Å². The summed E-state index contributed by atoms with van der Waals surface area (Å²) < 4.78 is 15.0. The van der Waals surface area contributed by atoms with Crippen LogP contribution in [0.1, 0.15) is 21.5 Å². The van der Waals surface area contributed by atoms with Crippen molar-refractivity contribution in [3.8, 4) is 0 Å². The largest absolute Gasteiger partial charge is 0.289 e. The number of benzene rings is 2. The number of carbonyl (C=O) groups excluding carboxylic acids is 1. The van der Waals surface area contributed by atoms with Crippen LogP contribution in [-0.4, -0.2) is 5.78 Å². The predicted molar refractivity (Wildman–Crippen MR) is 81.4 cm³/mol. The fraction of sp³-hybridized carbons (Fsp3) is 0.0714. The van der Waals surface area contributed by atoms with Crippen LogP contribution in [0.4, 0.5) is 4.39 Å². The van der Waals surface area contributed by atoms with Gasteiger partial charge in [0.05, 0.1) is 0 Å². The van der Waals surface area contributed by atoms with Crippen LogP contribution in [0.15, 0.2) is 40.9 Å². The van der Waals surface area contributed by atoms with E-state index in [1.54, 1.807) is 19.1 Å². The molecule has 2 aromatic carbocycles. The lowest BCUT2D eigenvalue weighted by atomic mass is 10.0. The Morgan fingerprint density at radius 3 is 2.61 bits per heavy atom. The van der Waals surface area contributed by atoms with Crippen molar-refractivity contribution < 1.29 is 9.18 Å². The van der Waals surface area contributed by atoms with Crippen molar-refractivity contribution in [3.05, 3.63) is 66.9 Å².